The molecule has 16 heavy (non-hydrogen) atoms. The summed E-state index contributed by atoms with van der Waals surface area (Å²) in [5.74, 6) is 0.641. The summed E-state index contributed by atoms with van der Waals surface area (Å²) in [7, 11) is 2.44. The van der Waals surface area contributed by atoms with E-state index in [1.165, 1.54) is 22.1 Å². The predicted molar refractivity (Wildman–Crippen MR) is 74.5 cm³/mol. The summed E-state index contributed by atoms with van der Waals surface area (Å²) in [4.78, 5) is 1.56. The van der Waals surface area contributed by atoms with E-state index in [-0.39, 0.29) is 0 Å². The Hall–Kier alpha value is -1.02. The molecule has 0 aliphatic heterocycles. The molecule has 1 radical (unpaired) electrons. The van der Waals surface area contributed by atoms with Crippen LogP contribution in [0, 0.1) is 0 Å². The van der Waals surface area contributed by atoms with Gasteiger partial charge in [-0.15, -0.1) is 11.3 Å². The van der Waals surface area contributed by atoms with Crippen molar-refractivity contribution in [1.82, 2.24) is 0 Å². The number of rotatable bonds is 2. The van der Waals surface area contributed by atoms with Gasteiger partial charge in [0.1, 0.15) is 7.28 Å². The lowest BCUT2D eigenvalue weighted by Crippen LogP contribution is -2.07. The topological polar surface area (TPSA) is 0 Å². The van der Waals surface area contributed by atoms with E-state index in [0.717, 1.165) is 6.32 Å². The van der Waals surface area contributed by atoms with Gasteiger partial charge in [0.15, 0.2) is 0 Å². The minimum absolute atomic E-state index is 0.641. The quantitative estimate of drug-likeness (QED) is 0.660. The Morgan fingerprint density at radius 1 is 1.38 bits per heavy atom. The van der Waals surface area contributed by atoms with Gasteiger partial charge in [-0.25, -0.2) is 0 Å². The number of hydrogen-bond acceptors (Lipinski definition) is 1. The van der Waals surface area contributed by atoms with Gasteiger partial charge in [0.2, 0.25) is 0 Å². The first-order valence-electron chi connectivity index (χ1n) is 5.91. The maximum atomic E-state index is 2.44. The van der Waals surface area contributed by atoms with Crippen LogP contribution in [-0.4, -0.2) is 7.28 Å². The van der Waals surface area contributed by atoms with Crippen LogP contribution in [0.3, 0.4) is 0 Å². The van der Waals surface area contributed by atoms with Gasteiger partial charge in [-0.05, 0) is 29.3 Å². The Balaban J connectivity index is 2.18. The molecule has 0 nitrogen and oxygen atoms in total. The Labute approximate surface area is 101 Å². The van der Waals surface area contributed by atoms with Crippen LogP contribution in [0.15, 0.2) is 30.3 Å². The van der Waals surface area contributed by atoms with Crippen LogP contribution in [0.4, 0.5) is 0 Å². The Bertz CT molecular complexity index is 539. The lowest BCUT2D eigenvalue weighted by atomic mass is 9.59. The smallest absolute Gasteiger partial charge is 0.120 e. The highest BCUT2D eigenvalue weighted by Crippen LogP contribution is 2.40. The second kappa shape index (κ2) is 4.10. The Morgan fingerprint density at radius 3 is 3.12 bits per heavy atom. The number of thiophene rings is 1. The zero-order valence-corrected chi connectivity index (χ0v) is 10.3. The monoisotopic (exact) mass is 225 g/mol. The fraction of sp³-hybridized carbons (Fsp3) is 0.286. The van der Waals surface area contributed by atoms with E-state index in [0.29, 0.717) is 5.82 Å². The first kappa shape index (κ1) is 10.2. The zero-order valence-electron chi connectivity index (χ0n) is 9.44. The molecule has 0 spiro atoms. The molecule has 2 heteroatoms. The molecule has 1 aliphatic rings. The molecule has 1 atom stereocenters. The second-order valence-corrected chi connectivity index (χ2v) is 5.35. The van der Waals surface area contributed by atoms with E-state index in [1.807, 2.05) is 11.3 Å². The van der Waals surface area contributed by atoms with Crippen molar-refractivity contribution in [2.24, 2.45) is 0 Å². The highest BCUT2D eigenvalue weighted by molar-refractivity contribution is 7.19. The first-order valence-corrected chi connectivity index (χ1v) is 6.73. The Morgan fingerprint density at radius 2 is 2.25 bits per heavy atom. The van der Waals surface area contributed by atoms with Crippen LogP contribution >= 0.6 is 11.3 Å². The Kier molecular flexibility index (Phi) is 2.60. The number of hydrogen-bond donors (Lipinski definition) is 0. The van der Waals surface area contributed by atoms with Gasteiger partial charge in [0.05, 0.1) is 0 Å². The standard InChI is InChI=1S/C14H14BS/c1-2-15-12-8-5-7-11-10-6-3-4-9-13(10)16-14(11)12/h3-7,9,12H,2,8H2,1H3. The molecule has 0 N–H and O–H groups in total. The van der Waals surface area contributed by atoms with Crippen LogP contribution < -0.4 is 0 Å². The van der Waals surface area contributed by atoms with Gasteiger partial charge in [0.25, 0.3) is 0 Å². The molecule has 0 fully saturated rings. The third-order valence-electron chi connectivity index (χ3n) is 3.19. The highest BCUT2D eigenvalue weighted by atomic mass is 32.1. The molecular formula is C14H14BS. The molecule has 0 bridgehead atoms. The number of benzene rings is 1. The van der Waals surface area contributed by atoms with E-state index in [4.69, 9.17) is 0 Å². The maximum absolute atomic E-state index is 2.44. The van der Waals surface area contributed by atoms with Crippen LogP contribution in [-0.2, 0) is 0 Å². The van der Waals surface area contributed by atoms with E-state index in [2.05, 4.69) is 50.6 Å². The molecule has 1 unspecified atom stereocenters. The van der Waals surface area contributed by atoms with Crippen LogP contribution in [0.5, 0.6) is 0 Å². The second-order valence-electron chi connectivity index (χ2n) is 4.26. The molecule has 1 aromatic heterocycles. The average molecular weight is 225 g/mol. The average Bonchev–Trinajstić information content (AvgIpc) is 2.69. The zero-order chi connectivity index (χ0) is 11.0. The minimum Gasteiger partial charge on any atom is -0.140 e. The molecule has 0 saturated heterocycles. The van der Waals surface area contributed by atoms with Gasteiger partial charge in [0, 0.05) is 9.58 Å². The van der Waals surface area contributed by atoms with E-state index in [1.54, 1.807) is 4.88 Å². The third kappa shape index (κ3) is 1.52. The molecule has 1 heterocycles. The fourth-order valence-electron chi connectivity index (χ4n) is 2.46. The van der Waals surface area contributed by atoms with Crippen molar-refractivity contribution in [1.29, 1.82) is 0 Å². The largest absolute Gasteiger partial charge is 0.140 e. The fourth-order valence-corrected chi connectivity index (χ4v) is 3.76. The van der Waals surface area contributed by atoms with Gasteiger partial charge in [-0.2, -0.15) is 0 Å². The molecule has 0 saturated carbocycles. The van der Waals surface area contributed by atoms with Crippen molar-refractivity contribution in [3.8, 4) is 0 Å². The summed E-state index contributed by atoms with van der Waals surface area (Å²) in [5, 5.41) is 1.42. The van der Waals surface area contributed by atoms with Crippen LogP contribution in [0.2, 0.25) is 6.32 Å². The van der Waals surface area contributed by atoms with Crippen molar-refractivity contribution >= 4 is 34.8 Å². The molecule has 2 aromatic rings. The van der Waals surface area contributed by atoms with Crippen molar-refractivity contribution in [2.75, 3.05) is 0 Å². The number of allylic oxidation sites excluding steroid dienone is 1. The van der Waals surface area contributed by atoms with Crippen molar-refractivity contribution < 1.29 is 0 Å². The van der Waals surface area contributed by atoms with Crippen molar-refractivity contribution in [3.63, 3.8) is 0 Å². The van der Waals surface area contributed by atoms with Gasteiger partial charge < -0.3 is 0 Å². The van der Waals surface area contributed by atoms with E-state index >= 15 is 0 Å². The lowest BCUT2D eigenvalue weighted by Gasteiger charge is -2.16. The van der Waals surface area contributed by atoms with Crippen molar-refractivity contribution in [3.05, 3.63) is 40.8 Å². The normalized spacial score (nSPS) is 18.7. The molecule has 1 aliphatic carbocycles. The molecule has 0 amide bonds. The van der Waals surface area contributed by atoms with Gasteiger partial charge in [-0.3, -0.25) is 0 Å². The summed E-state index contributed by atoms with van der Waals surface area (Å²) in [5.41, 5.74) is 1.46. The molecule has 1 aromatic carbocycles. The van der Waals surface area contributed by atoms with Gasteiger partial charge in [-0.1, -0.05) is 43.6 Å². The van der Waals surface area contributed by atoms with E-state index < -0.39 is 0 Å². The first-order chi connectivity index (χ1) is 7.90. The van der Waals surface area contributed by atoms with Crippen molar-refractivity contribution in [2.45, 2.75) is 25.5 Å². The summed E-state index contributed by atoms with van der Waals surface area (Å²) in [6.07, 6.45) is 6.95. The predicted octanol–water partition coefficient (Wildman–Crippen LogP) is 4.50. The molecular weight excluding hydrogens is 211 g/mol. The number of fused-ring (bicyclic) bond motifs is 3. The summed E-state index contributed by atoms with van der Waals surface area (Å²) in [6.45, 7) is 2.23. The lowest BCUT2D eigenvalue weighted by molar-refractivity contribution is 0.947. The maximum Gasteiger partial charge on any atom is 0.120 e. The van der Waals surface area contributed by atoms with Crippen LogP contribution in [0.25, 0.3) is 16.2 Å². The molecule has 79 valence electrons. The third-order valence-corrected chi connectivity index (χ3v) is 4.51. The highest BCUT2D eigenvalue weighted by Gasteiger charge is 2.20. The van der Waals surface area contributed by atoms with Gasteiger partial charge >= 0.3 is 0 Å². The SMILES string of the molecule is CC[B]C1CC=Cc2c1sc1ccccc21. The molecule has 3 rings (SSSR count). The summed E-state index contributed by atoms with van der Waals surface area (Å²) >= 11 is 1.97. The van der Waals surface area contributed by atoms with Crippen LogP contribution in [0.1, 0.15) is 29.6 Å². The minimum atomic E-state index is 0.641. The van der Waals surface area contributed by atoms with E-state index in [9.17, 15) is 0 Å². The summed E-state index contributed by atoms with van der Waals surface area (Å²) < 4.78 is 1.42. The summed E-state index contributed by atoms with van der Waals surface area (Å²) in [6, 6.07) is 8.74.